The van der Waals surface area contributed by atoms with E-state index in [0.717, 1.165) is 128 Å². The summed E-state index contributed by atoms with van der Waals surface area (Å²) in [6.45, 7) is 4.00. The van der Waals surface area contributed by atoms with Crippen LogP contribution in [-0.2, 0) is 19.1 Å². The summed E-state index contributed by atoms with van der Waals surface area (Å²) in [6, 6.07) is 0. The Kier molecular flexibility index (Phi) is 59.5. The Balaban J connectivity index is 3.61. The van der Waals surface area contributed by atoms with Crippen molar-refractivity contribution < 1.29 is 24.2 Å². The van der Waals surface area contributed by atoms with Crippen LogP contribution in [0.1, 0.15) is 258 Å². The van der Waals surface area contributed by atoms with Gasteiger partial charge in [0.1, 0.15) is 6.61 Å². The molecule has 1 atom stereocenters. The summed E-state index contributed by atoms with van der Waals surface area (Å²) in [5, 5.41) is 9.67. The van der Waals surface area contributed by atoms with E-state index < -0.39 is 6.10 Å². The Labute approximate surface area is 457 Å². The SMILES string of the molecule is CC/C=C\C/C=C\C/C=C\C/C=C\C/C=C\C/C=C\C/C=C\C/C=C\C/C=C\CCCCCCCC(=O)OC(CO)COC(=O)CCCCCCCCCCCCCC/C=C\C/C=C\C/C=C\CCCCCCC. The molecule has 0 saturated carbocycles. The summed E-state index contributed by atoms with van der Waals surface area (Å²) in [7, 11) is 0. The van der Waals surface area contributed by atoms with Gasteiger partial charge in [-0.25, -0.2) is 0 Å². The van der Waals surface area contributed by atoms with Crippen LogP contribution in [-0.4, -0.2) is 36.4 Å². The second-order valence-corrected chi connectivity index (χ2v) is 19.7. The Morgan fingerprint density at radius 2 is 0.581 bits per heavy atom. The van der Waals surface area contributed by atoms with E-state index in [1.54, 1.807) is 0 Å². The molecular weight excluding hydrogens is 909 g/mol. The number of esters is 2. The first-order valence-electron chi connectivity index (χ1n) is 30.4. The van der Waals surface area contributed by atoms with E-state index in [-0.39, 0.29) is 25.2 Å². The summed E-state index contributed by atoms with van der Waals surface area (Å²) in [4.78, 5) is 24.6. The van der Waals surface area contributed by atoms with Crippen molar-refractivity contribution in [2.45, 2.75) is 264 Å². The topological polar surface area (TPSA) is 72.8 Å². The minimum atomic E-state index is -0.796. The fourth-order valence-electron chi connectivity index (χ4n) is 8.08. The van der Waals surface area contributed by atoms with Crippen molar-refractivity contribution in [1.29, 1.82) is 0 Å². The summed E-state index contributed by atoms with van der Waals surface area (Å²) in [5.74, 6) is -0.621. The second kappa shape index (κ2) is 63.1. The van der Waals surface area contributed by atoms with Crippen LogP contribution < -0.4 is 0 Å². The molecule has 0 aromatic rings. The maximum Gasteiger partial charge on any atom is 0.306 e. The average molecular weight is 1020 g/mol. The van der Waals surface area contributed by atoms with Crippen LogP contribution in [0.15, 0.2) is 146 Å². The van der Waals surface area contributed by atoms with Gasteiger partial charge in [0.15, 0.2) is 6.10 Å². The Morgan fingerprint density at radius 3 is 0.878 bits per heavy atom. The number of aliphatic hydroxyl groups is 1. The lowest BCUT2D eigenvalue weighted by atomic mass is 10.0. The third kappa shape index (κ3) is 60.3. The first kappa shape index (κ1) is 69.8. The molecule has 1 unspecified atom stereocenters. The molecule has 1 N–H and O–H groups in total. The van der Waals surface area contributed by atoms with Gasteiger partial charge in [0.05, 0.1) is 6.61 Å². The van der Waals surface area contributed by atoms with Crippen LogP contribution in [0.3, 0.4) is 0 Å². The third-order valence-electron chi connectivity index (χ3n) is 12.6. The molecule has 0 fully saturated rings. The van der Waals surface area contributed by atoms with Crippen molar-refractivity contribution in [3.05, 3.63) is 146 Å². The standard InChI is InChI=1S/C69H112O5/c1-3-5-7-9-11-13-15-17-19-21-23-25-27-29-31-32-33-34-35-36-38-40-42-44-46-48-50-52-54-56-58-60-62-64-69(72)74-67(65-70)66-73-68(71)63-61-59-57-55-53-51-49-47-45-43-41-39-37-30-28-26-24-22-20-18-16-14-12-10-8-6-4-2/h5,7,11,13,16-19,22-25,28-31,33-34,36,38,42,44,48,50,67,70H,3-4,6,8-10,12,14-15,20-21,26-27,32,35,37,39-41,43,45-47,49,51-66H2,1-2H3/b7-5-,13-11-,18-16-,19-17-,24-22-,25-23-,30-28-,31-29-,34-33-,38-36-,44-42-,50-48-. The van der Waals surface area contributed by atoms with Crippen LogP contribution in [0.25, 0.3) is 0 Å². The second-order valence-electron chi connectivity index (χ2n) is 19.7. The van der Waals surface area contributed by atoms with Gasteiger partial charge in [-0.05, 0) is 122 Å². The highest BCUT2D eigenvalue weighted by molar-refractivity contribution is 5.70. The van der Waals surface area contributed by atoms with Crippen molar-refractivity contribution >= 4 is 11.9 Å². The number of ether oxygens (including phenoxy) is 2. The quantitative estimate of drug-likeness (QED) is 0.0373. The van der Waals surface area contributed by atoms with Gasteiger partial charge in [-0.2, -0.15) is 0 Å². The molecule has 0 heterocycles. The van der Waals surface area contributed by atoms with Crippen LogP contribution >= 0.6 is 0 Å². The predicted octanol–water partition coefficient (Wildman–Crippen LogP) is 21.0. The molecule has 0 aromatic carbocycles. The van der Waals surface area contributed by atoms with Crippen molar-refractivity contribution in [2.24, 2.45) is 0 Å². The summed E-state index contributed by atoms with van der Waals surface area (Å²) < 4.78 is 10.7. The zero-order valence-corrected chi connectivity index (χ0v) is 47.8. The fraction of sp³-hybridized carbons (Fsp3) is 0.623. The maximum absolute atomic E-state index is 12.3. The van der Waals surface area contributed by atoms with Crippen molar-refractivity contribution in [2.75, 3.05) is 13.2 Å². The van der Waals surface area contributed by atoms with Crippen molar-refractivity contribution in [3.63, 3.8) is 0 Å². The van der Waals surface area contributed by atoms with E-state index in [1.807, 2.05) is 0 Å². The smallest absolute Gasteiger partial charge is 0.306 e. The van der Waals surface area contributed by atoms with E-state index in [1.165, 1.54) is 103 Å². The van der Waals surface area contributed by atoms with E-state index in [9.17, 15) is 14.7 Å². The molecule has 5 heteroatoms. The lowest BCUT2D eigenvalue weighted by Gasteiger charge is -2.15. The number of hydrogen-bond donors (Lipinski definition) is 1. The van der Waals surface area contributed by atoms with Gasteiger partial charge in [-0.3, -0.25) is 9.59 Å². The molecule has 0 spiro atoms. The Hall–Kier alpha value is -4.22. The molecule has 0 aliphatic carbocycles. The molecule has 0 bridgehead atoms. The van der Waals surface area contributed by atoms with Gasteiger partial charge in [0, 0.05) is 12.8 Å². The van der Waals surface area contributed by atoms with Crippen molar-refractivity contribution in [1.82, 2.24) is 0 Å². The molecule has 0 aromatic heterocycles. The number of carbonyl (C=O) groups is 2. The first-order chi connectivity index (χ1) is 36.6. The molecule has 5 nitrogen and oxygen atoms in total. The third-order valence-corrected chi connectivity index (χ3v) is 12.6. The highest BCUT2D eigenvalue weighted by Gasteiger charge is 2.16. The zero-order chi connectivity index (χ0) is 53.4. The van der Waals surface area contributed by atoms with Gasteiger partial charge in [-0.1, -0.05) is 269 Å². The molecule has 0 radical (unpaired) electrons. The molecule has 0 rings (SSSR count). The molecular formula is C69H112O5. The predicted molar refractivity (Wildman–Crippen MR) is 324 cm³/mol. The summed E-state index contributed by atoms with van der Waals surface area (Å²) in [5.41, 5.74) is 0. The van der Waals surface area contributed by atoms with Gasteiger partial charge >= 0.3 is 11.9 Å². The van der Waals surface area contributed by atoms with Crippen LogP contribution in [0.2, 0.25) is 0 Å². The summed E-state index contributed by atoms with van der Waals surface area (Å²) >= 11 is 0. The highest BCUT2D eigenvalue weighted by atomic mass is 16.6. The van der Waals surface area contributed by atoms with E-state index in [4.69, 9.17) is 9.47 Å². The number of allylic oxidation sites excluding steroid dienone is 24. The molecule has 74 heavy (non-hydrogen) atoms. The maximum atomic E-state index is 12.3. The van der Waals surface area contributed by atoms with E-state index in [2.05, 4.69) is 160 Å². The number of carbonyl (C=O) groups excluding carboxylic acids is 2. The fourth-order valence-corrected chi connectivity index (χ4v) is 8.08. The minimum Gasteiger partial charge on any atom is -0.462 e. The molecule has 0 amide bonds. The van der Waals surface area contributed by atoms with E-state index >= 15 is 0 Å². The lowest BCUT2D eigenvalue weighted by Crippen LogP contribution is -2.28. The van der Waals surface area contributed by atoms with Crippen molar-refractivity contribution in [3.8, 4) is 0 Å². The summed E-state index contributed by atoms with van der Waals surface area (Å²) in [6.07, 6.45) is 95.3. The largest absolute Gasteiger partial charge is 0.462 e. The number of aliphatic hydroxyl groups excluding tert-OH is 1. The number of hydrogen-bond acceptors (Lipinski definition) is 5. The molecule has 0 saturated heterocycles. The van der Waals surface area contributed by atoms with Gasteiger partial charge in [0.25, 0.3) is 0 Å². The van der Waals surface area contributed by atoms with Crippen LogP contribution in [0.5, 0.6) is 0 Å². The normalized spacial score (nSPS) is 13.3. The molecule has 418 valence electrons. The van der Waals surface area contributed by atoms with Gasteiger partial charge < -0.3 is 14.6 Å². The van der Waals surface area contributed by atoms with E-state index in [0.29, 0.717) is 12.8 Å². The van der Waals surface area contributed by atoms with Gasteiger partial charge in [-0.15, -0.1) is 0 Å². The first-order valence-corrected chi connectivity index (χ1v) is 30.4. The van der Waals surface area contributed by atoms with Gasteiger partial charge in [0.2, 0.25) is 0 Å². The molecule has 0 aliphatic rings. The average Bonchev–Trinajstić information content (AvgIpc) is 3.40. The number of rotatable bonds is 54. The number of unbranched alkanes of at least 4 members (excludes halogenated alkanes) is 22. The highest BCUT2D eigenvalue weighted by Crippen LogP contribution is 2.15. The zero-order valence-electron chi connectivity index (χ0n) is 47.8. The minimum absolute atomic E-state index is 0.0835. The molecule has 0 aliphatic heterocycles. The Bertz CT molecular complexity index is 1580. The Morgan fingerprint density at radius 1 is 0.324 bits per heavy atom. The van der Waals surface area contributed by atoms with Crippen LogP contribution in [0.4, 0.5) is 0 Å². The van der Waals surface area contributed by atoms with Crippen LogP contribution in [0, 0.1) is 0 Å². The lowest BCUT2D eigenvalue weighted by molar-refractivity contribution is -0.161. The monoisotopic (exact) mass is 1020 g/mol.